The molecule has 0 spiro atoms. The molecule has 6 rings (SSSR count). The first kappa shape index (κ1) is 53.4. The van der Waals surface area contributed by atoms with E-state index in [0.29, 0.717) is 0 Å². The number of Topliss-reactive ketones (excluding diaryl/α,β-unsaturated/α-hetero) is 1. The quantitative estimate of drug-likeness (QED) is 0.0959. The van der Waals surface area contributed by atoms with Crippen molar-refractivity contribution >= 4 is 76.7 Å². The molecule has 0 aromatic heterocycles. The second-order valence-corrected chi connectivity index (χ2v) is 21.9. The summed E-state index contributed by atoms with van der Waals surface area (Å²) in [7, 11) is 0. The van der Waals surface area contributed by atoms with Gasteiger partial charge in [-0.15, -0.1) is 0 Å². The van der Waals surface area contributed by atoms with Crippen molar-refractivity contribution in [3.63, 3.8) is 0 Å². The molecule has 21 heteroatoms. The van der Waals surface area contributed by atoms with Gasteiger partial charge < -0.3 is 53.4 Å². The molecule has 3 fully saturated rings. The van der Waals surface area contributed by atoms with Crippen LogP contribution < -0.4 is 5.32 Å². The second-order valence-electron chi connectivity index (χ2n) is 19.4. The summed E-state index contributed by atoms with van der Waals surface area (Å²) in [6, 6.07) is 13.7. The van der Waals surface area contributed by atoms with Crippen molar-refractivity contribution in [3.8, 4) is 0 Å². The Morgan fingerprint density at radius 3 is 2.03 bits per heavy atom. The third-order valence-electron chi connectivity index (χ3n) is 13.4. The fourth-order valence-corrected chi connectivity index (χ4v) is 10.4. The Labute approximate surface area is 413 Å². The monoisotopic (exact) mass is 1020 g/mol. The summed E-state index contributed by atoms with van der Waals surface area (Å²) in [5, 5.41) is 28.0. The van der Waals surface area contributed by atoms with E-state index >= 15 is 4.79 Å². The number of carbonyl (C=O) groups is 7. The number of aliphatic hydroxyl groups excluding tert-OH is 1. The van der Waals surface area contributed by atoms with Crippen molar-refractivity contribution in [2.45, 2.75) is 138 Å². The van der Waals surface area contributed by atoms with Crippen LogP contribution in [0.25, 0.3) is 0 Å². The molecule has 376 valence electrons. The Morgan fingerprint density at radius 1 is 0.884 bits per heavy atom. The van der Waals surface area contributed by atoms with E-state index in [1.165, 1.54) is 52.0 Å². The maximum absolute atomic E-state index is 16.0. The molecule has 2 aromatic rings. The van der Waals surface area contributed by atoms with Gasteiger partial charge in [-0.3, -0.25) is 14.4 Å². The summed E-state index contributed by atoms with van der Waals surface area (Å²) in [6.45, 7) is 11.5. The van der Waals surface area contributed by atoms with Crippen LogP contribution in [0.4, 0.5) is 9.59 Å². The number of esters is 4. The lowest BCUT2D eigenvalue weighted by Crippen LogP contribution is -2.82. The molecule has 4 aliphatic rings. The zero-order valence-corrected chi connectivity index (χ0v) is 41.6. The highest BCUT2D eigenvalue weighted by Gasteiger charge is 2.79. The van der Waals surface area contributed by atoms with Gasteiger partial charge in [0.2, 0.25) is 3.79 Å². The summed E-state index contributed by atoms with van der Waals surface area (Å²) in [6.07, 6.45) is -13.7. The van der Waals surface area contributed by atoms with E-state index in [2.05, 4.69) is 5.32 Å². The Kier molecular flexibility index (Phi) is 15.2. The van der Waals surface area contributed by atoms with Gasteiger partial charge in [0.25, 0.3) is 0 Å². The first-order chi connectivity index (χ1) is 32.0. The SMILES string of the molecule is CC(=O)O[C@H]1C(=O)[C@]2(C)[C@@H](OC(=O)OCC(Cl)(Cl)Cl)C[C@H]3OC[C@@]3(OC(C)=O)[C@H]2[C@H](OC(=O)c2ccccc2)[C@]2(O)C[C@H](OC(=O)[C@H](NC(=O)OC(C)(C)C)[C@@H](O)c3ccccc3)C(C)=C1C2(C)C. The van der Waals surface area contributed by atoms with Gasteiger partial charge in [-0.25, -0.2) is 19.2 Å². The van der Waals surface area contributed by atoms with E-state index in [4.69, 9.17) is 72.7 Å². The molecule has 1 aliphatic heterocycles. The molecule has 3 N–H and O–H groups in total. The van der Waals surface area contributed by atoms with Gasteiger partial charge in [-0.05, 0) is 63.5 Å². The highest BCUT2D eigenvalue weighted by Crippen LogP contribution is 2.65. The third kappa shape index (κ3) is 10.6. The molecule has 69 heavy (non-hydrogen) atoms. The Morgan fingerprint density at radius 2 is 1.49 bits per heavy atom. The van der Waals surface area contributed by atoms with Crippen LogP contribution in [-0.2, 0) is 57.1 Å². The van der Waals surface area contributed by atoms with Gasteiger partial charge in [-0.2, -0.15) is 0 Å². The molecule has 3 aliphatic carbocycles. The third-order valence-corrected chi connectivity index (χ3v) is 13.7. The van der Waals surface area contributed by atoms with Gasteiger partial charge in [-0.1, -0.05) is 97.2 Å². The number of aliphatic hydroxyl groups is 2. The molecule has 0 radical (unpaired) electrons. The summed E-state index contributed by atoms with van der Waals surface area (Å²) >= 11 is 17.6. The maximum Gasteiger partial charge on any atom is 0.508 e. The molecule has 2 bridgehead atoms. The van der Waals surface area contributed by atoms with Crippen molar-refractivity contribution in [1.29, 1.82) is 0 Å². The predicted molar refractivity (Wildman–Crippen MR) is 244 cm³/mol. The Bertz CT molecular complexity index is 2370. The fraction of sp³-hybridized carbons (Fsp3) is 0.562. The van der Waals surface area contributed by atoms with Crippen LogP contribution in [0.15, 0.2) is 71.8 Å². The zero-order valence-electron chi connectivity index (χ0n) is 39.4. The number of hydrogen-bond donors (Lipinski definition) is 3. The number of ether oxygens (including phenoxy) is 8. The standard InChI is InChI=1S/C48H56Cl3NO17/c1-24-29(65-40(58)33(52-41(59)69-43(4,5)6)34(55)27-16-12-10-13-17-27)21-47(61)38(67-39(57)28-18-14-11-15-19-28)36-45(9,37(56)35(64-25(2)53)32(24)44(47,7)8)30(66-42(60)63-23-48(49,50)51)20-31-46(36,22-62-31)68-26(3)54/h10-19,29-31,33-36,38,55,61H,20-23H2,1-9H3,(H,52,59)/t29-,30-,31+,33+,34-,35+,36-,38-,45+,46-,47+/m0/s1. The lowest BCUT2D eigenvalue weighted by molar-refractivity contribution is -0.346. The number of alkyl halides is 3. The maximum atomic E-state index is 16.0. The van der Waals surface area contributed by atoms with E-state index in [1.807, 2.05) is 0 Å². The van der Waals surface area contributed by atoms with Gasteiger partial charge in [0.1, 0.15) is 48.3 Å². The molecule has 1 saturated heterocycles. The van der Waals surface area contributed by atoms with Crippen LogP contribution in [0.2, 0.25) is 0 Å². The largest absolute Gasteiger partial charge is 0.508 e. The Balaban J connectivity index is 1.60. The Hall–Kier alpha value is -4.98. The van der Waals surface area contributed by atoms with Crippen LogP contribution in [0, 0.1) is 16.7 Å². The van der Waals surface area contributed by atoms with Crippen molar-refractivity contribution in [2.24, 2.45) is 16.7 Å². The van der Waals surface area contributed by atoms with Gasteiger partial charge in [0, 0.05) is 32.1 Å². The predicted octanol–water partition coefficient (Wildman–Crippen LogP) is 6.36. The highest BCUT2D eigenvalue weighted by molar-refractivity contribution is 6.67. The number of amides is 1. The lowest BCUT2D eigenvalue weighted by Gasteiger charge is -2.67. The van der Waals surface area contributed by atoms with Crippen LogP contribution >= 0.6 is 34.8 Å². The van der Waals surface area contributed by atoms with Crippen LogP contribution in [-0.4, -0.2) is 122 Å². The number of carbonyl (C=O) groups excluding carboxylic acids is 7. The van der Waals surface area contributed by atoms with Crippen LogP contribution in [0.5, 0.6) is 0 Å². The van der Waals surface area contributed by atoms with E-state index in [9.17, 15) is 39.0 Å². The number of benzene rings is 2. The summed E-state index contributed by atoms with van der Waals surface area (Å²) < 4.78 is 45.1. The van der Waals surface area contributed by atoms with Crippen molar-refractivity contribution < 1.29 is 81.7 Å². The van der Waals surface area contributed by atoms with Crippen molar-refractivity contribution in [2.75, 3.05) is 13.2 Å². The molecule has 0 unspecified atom stereocenters. The van der Waals surface area contributed by atoms with Crippen molar-refractivity contribution in [3.05, 3.63) is 82.9 Å². The average Bonchev–Trinajstić information content (AvgIpc) is 3.24. The normalized spacial score (nSPS) is 30.2. The minimum Gasteiger partial charge on any atom is -0.456 e. The van der Waals surface area contributed by atoms with E-state index in [0.717, 1.165) is 13.8 Å². The molecule has 18 nitrogen and oxygen atoms in total. The van der Waals surface area contributed by atoms with Gasteiger partial charge >= 0.3 is 36.1 Å². The number of hydrogen-bond acceptors (Lipinski definition) is 17. The fourth-order valence-electron chi connectivity index (χ4n) is 10.2. The summed E-state index contributed by atoms with van der Waals surface area (Å²) in [5.41, 5.74) is -9.43. The van der Waals surface area contributed by atoms with Crippen LogP contribution in [0.1, 0.15) is 97.2 Å². The first-order valence-electron chi connectivity index (χ1n) is 22.0. The second kappa shape index (κ2) is 19.7. The number of ketones is 1. The minimum atomic E-state index is -2.54. The van der Waals surface area contributed by atoms with Gasteiger partial charge in [0.05, 0.1) is 23.5 Å². The topological polar surface area (TPSA) is 246 Å². The number of rotatable bonds is 11. The summed E-state index contributed by atoms with van der Waals surface area (Å²) in [4.78, 5) is 98.5. The number of nitrogens with one attached hydrogen (secondary N) is 1. The molecule has 11 atom stereocenters. The number of alkyl carbamates (subject to hydrolysis) is 1. The van der Waals surface area contributed by atoms with E-state index < -0.39 is 142 Å². The van der Waals surface area contributed by atoms with Gasteiger partial charge in [0.15, 0.2) is 23.5 Å². The molecular formula is C48H56Cl3NO17. The minimum absolute atomic E-state index is 0.00897. The number of halogens is 3. The average molecular weight is 1030 g/mol. The zero-order chi connectivity index (χ0) is 51.2. The summed E-state index contributed by atoms with van der Waals surface area (Å²) in [5.74, 6) is -6.84. The highest BCUT2D eigenvalue weighted by atomic mass is 35.6. The van der Waals surface area contributed by atoms with E-state index in [-0.39, 0.29) is 28.7 Å². The molecular weight excluding hydrogens is 969 g/mol. The van der Waals surface area contributed by atoms with Crippen LogP contribution in [0.3, 0.4) is 0 Å². The smallest absolute Gasteiger partial charge is 0.456 e. The lowest BCUT2D eigenvalue weighted by atomic mass is 9.44. The van der Waals surface area contributed by atoms with E-state index in [1.54, 1.807) is 57.2 Å². The molecule has 2 saturated carbocycles. The molecule has 1 heterocycles. The number of fused-ring (bicyclic) bond motifs is 5. The van der Waals surface area contributed by atoms with Crippen molar-refractivity contribution in [1.82, 2.24) is 5.32 Å². The first-order valence-corrected chi connectivity index (χ1v) is 23.2. The molecule has 1 amide bonds. The molecule has 2 aromatic carbocycles.